The van der Waals surface area contributed by atoms with Crippen LogP contribution >= 0.6 is 22.9 Å². The highest BCUT2D eigenvalue weighted by Gasteiger charge is 2.50. The van der Waals surface area contributed by atoms with Gasteiger partial charge in [0.1, 0.15) is 5.82 Å². The van der Waals surface area contributed by atoms with Crippen LogP contribution in [0.1, 0.15) is 77.2 Å². The average molecular weight is 540 g/mol. The molecule has 1 saturated carbocycles. The molecular weight excluding hydrogens is 510 g/mol. The normalized spacial score (nSPS) is 20.2. The van der Waals surface area contributed by atoms with E-state index in [1.165, 1.54) is 10.4 Å². The Bertz CT molecular complexity index is 1380. The van der Waals surface area contributed by atoms with Crippen LogP contribution in [0, 0.1) is 0 Å². The van der Waals surface area contributed by atoms with E-state index in [4.69, 9.17) is 21.3 Å². The number of aryl methyl sites for hydroxylation is 1. The molecule has 4 heterocycles. The molecule has 0 spiro atoms. The number of benzene rings is 1. The van der Waals surface area contributed by atoms with Gasteiger partial charge >= 0.3 is 0 Å². The molecule has 194 valence electrons. The number of hydrogen-bond donors (Lipinski definition) is 2. The van der Waals surface area contributed by atoms with Crippen LogP contribution in [0.4, 0.5) is 0 Å². The SMILES string of the molecule is O=C(C(O)c1cccc(Cl)c1)N1CCCc2nc(C3(c4cc(C5CCOCC5)cs4)CC3)[nH]c(=O)c2C1. The highest BCUT2D eigenvalue weighted by molar-refractivity contribution is 7.10. The number of amides is 1. The molecule has 2 aromatic heterocycles. The Labute approximate surface area is 224 Å². The molecule has 2 fully saturated rings. The van der Waals surface area contributed by atoms with Gasteiger partial charge in [-0.25, -0.2) is 4.98 Å². The number of fused-ring (bicyclic) bond motifs is 1. The van der Waals surface area contributed by atoms with Gasteiger partial charge < -0.3 is 19.7 Å². The van der Waals surface area contributed by atoms with Gasteiger partial charge in [-0.3, -0.25) is 9.59 Å². The van der Waals surface area contributed by atoms with Crippen LogP contribution in [-0.4, -0.2) is 45.6 Å². The maximum Gasteiger partial charge on any atom is 0.256 e. The molecule has 1 saturated heterocycles. The number of carbonyl (C=O) groups is 1. The number of aromatic nitrogens is 2. The summed E-state index contributed by atoms with van der Waals surface area (Å²) < 4.78 is 5.53. The lowest BCUT2D eigenvalue weighted by atomic mass is 9.92. The first-order valence-electron chi connectivity index (χ1n) is 13.0. The Morgan fingerprint density at radius 2 is 2.08 bits per heavy atom. The molecule has 1 aliphatic carbocycles. The van der Waals surface area contributed by atoms with Gasteiger partial charge in [-0.2, -0.15) is 0 Å². The van der Waals surface area contributed by atoms with Crippen LogP contribution in [0.5, 0.6) is 0 Å². The summed E-state index contributed by atoms with van der Waals surface area (Å²) in [7, 11) is 0. The molecule has 9 heteroatoms. The van der Waals surface area contributed by atoms with E-state index in [9.17, 15) is 14.7 Å². The lowest BCUT2D eigenvalue weighted by Crippen LogP contribution is -2.36. The number of H-pyrrole nitrogens is 1. The first-order valence-corrected chi connectivity index (χ1v) is 14.2. The Hall–Kier alpha value is -2.52. The Balaban J connectivity index is 1.24. The molecule has 2 N–H and O–H groups in total. The van der Waals surface area contributed by atoms with Crippen molar-refractivity contribution < 1.29 is 14.6 Å². The van der Waals surface area contributed by atoms with Crippen molar-refractivity contribution >= 4 is 28.8 Å². The fourth-order valence-corrected chi connectivity index (χ4v) is 7.05. The van der Waals surface area contributed by atoms with Crippen LogP contribution in [0.25, 0.3) is 0 Å². The van der Waals surface area contributed by atoms with E-state index in [1.54, 1.807) is 40.5 Å². The van der Waals surface area contributed by atoms with Crippen LogP contribution in [0.3, 0.4) is 0 Å². The van der Waals surface area contributed by atoms with Gasteiger partial charge in [0.05, 0.1) is 23.2 Å². The fourth-order valence-electron chi connectivity index (χ4n) is 5.60. The number of ether oxygens (including phenoxy) is 1. The Kier molecular flexibility index (Phi) is 6.69. The second-order valence-electron chi connectivity index (χ2n) is 10.4. The zero-order valence-electron chi connectivity index (χ0n) is 20.5. The molecule has 1 aromatic carbocycles. The topological polar surface area (TPSA) is 95.5 Å². The number of thiophene rings is 1. The third-order valence-electron chi connectivity index (χ3n) is 7.99. The van der Waals surface area contributed by atoms with Crippen molar-refractivity contribution in [3.8, 4) is 0 Å². The highest BCUT2D eigenvalue weighted by atomic mass is 35.5. The van der Waals surface area contributed by atoms with Gasteiger partial charge in [-0.15, -0.1) is 11.3 Å². The Morgan fingerprint density at radius 3 is 2.84 bits per heavy atom. The van der Waals surface area contributed by atoms with Gasteiger partial charge in [0.15, 0.2) is 6.10 Å². The van der Waals surface area contributed by atoms with Crippen molar-refractivity contribution in [2.45, 2.75) is 62.5 Å². The summed E-state index contributed by atoms with van der Waals surface area (Å²) in [5, 5.41) is 13.4. The molecule has 1 atom stereocenters. The predicted octanol–water partition coefficient (Wildman–Crippen LogP) is 4.47. The summed E-state index contributed by atoms with van der Waals surface area (Å²) in [4.78, 5) is 37.4. The predicted molar refractivity (Wildman–Crippen MR) is 142 cm³/mol. The van der Waals surface area contributed by atoms with Crippen LogP contribution < -0.4 is 5.56 Å². The van der Waals surface area contributed by atoms with Gasteiger partial charge in [-0.05, 0) is 79.1 Å². The van der Waals surface area contributed by atoms with E-state index in [0.717, 1.165) is 50.4 Å². The van der Waals surface area contributed by atoms with Crippen molar-refractivity contribution in [1.29, 1.82) is 0 Å². The molecule has 1 amide bonds. The maximum atomic E-state index is 13.3. The number of aliphatic hydroxyl groups excluding tert-OH is 1. The smallest absolute Gasteiger partial charge is 0.256 e. The molecule has 7 nitrogen and oxygen atoms in total. The number of aliphatic hydroxyl groups is 1. The number of carbonyl (C=O) groups excluding carboxylic acids is 1. The first-order chi connectivity index (χ1) is 17.9. The summed E-state index contributed by atoms with van der Waals surface area (Å²) in [5.74, 6) is 0.853. The highest BCUT2D eigenvalue weighted by Crippen LogP contribution is 2.54. The van der Waals surface area contributed by atoms with Gasteiger partial charge in [0.2, 0.25) is 0 Å². The van der Waals surface area contributed by atoms with Crippen molar-refractivity contribution in [3.63, 3.8) is 0 Å². The fraction of sp³-hybridized carbons (Fsp3) is 0.464. The van der Waals surface area contributed by atoms with Crippen LogP contribution in [-0.2, 0) is 27.9 Å². The molecule has 2 aliphatic heterocycles. The summed E-state index contributed by atoms with van der Waals surface area (Å²) in [5.41, 5.74) is 2.68. The number of rotatable bonds is 5. The van der Waals surface area contributed by atoms with Crippen molar-refractivity contribution in [3.05, 3.63) is 84.2 Å². The number of nitrogens with zero attached hydrogens (tertiary/aromatic N) is 2. The van der Waals surface area contributed by atoms with Crippen molar-refractivity contribution in [1.82, 2.24) is 14.9 Å². The summed E-state index contributed by atoms with van der Waals surface area (Å²) in [6, 6.07) is 8.98. The first kappa shape index (κ1) is 24.8. The third kappa shape index (κ3) is 4.76. The zero-order valence-corrected chi connectivity index (χ0v) is 22.1. The zero-order chi connectivity index (χ0) is 25.6. The molecule has 0 radical (unpaired) electrons. The van der Waals surface area contributed by atoms with E-state index in [0.29, 0.717) is 41.5 Å². The van der Waals surface area contributed by atoms with Crippen molar-refractivity contribution in [2.24, 2.45) is 0 Å². The maximum absolute atomic E-state index is 13.3. The van der Waals surface area contributed by atoms with Gasteiger partial charge in [0, 0.05) is 29.7 Å². The molecule has 1 unspecified atom stereocenters. The van der Waals surface area contributed by atoms with Gasteiger partial charge in [0.25, 0.3) is 11.5 Å². The van der Waals surface area contributed by atoms with E-state index in [-0.39, 0.29) is 17.5 Å². The number of aromatic amines is 1. The molecule has 0 bridgehead atoms. The average Bonchev–Trinajstić information content (AvgIpc) is 3.63. The Morgan fingerprint density at radius 1 is 1.27 bits per heavy atom. The molecular formula is C28H30ClN3O4S. The monoisotopic (exact) mass is 539 g/mol. The summed E-state index contributed by atoms with van der Waals surface area (Å²) in [6.45, 7) is 2.22. The van der Waals surface area contributed by atoms with Gasteiger partial charge in [-0.1, -0.05) is 23.7 Å². The summed E-state index contributed by atoms with van der Waals surface area (Å²) in [6.07, 6.45) is 4.02. The van der Waals surface area contributed by atoms with Crippen LogP contribution in [0.15, 0.2) is 40.5 Å². The molecule has 3 aliphatic rings. The second-order valence-corrected chi connectivity index (χ2v) is 11.7. The molecule has 37 heavy (non-hydrogen) atoms. The third-order valence-corrected chi connectivity index (χ3v) is 9.38. The van der Waals surface area contributed by atoms with E-state index < -0.39 is 12.0 Å². The quantitative estimate of drug-likeness (QED) is 0.499. The standard InChI is InChI=1S/C28H30ClN3O4S/c29-20-4-1-3-18(13-20)24(33)26(35)32-10-2-5-22-21(15-32)25(34)31-27(30-22)28(8-9-28)23-14-19(16-37-23)17-6-11-36-12-7-17/h1,3-4,13-14,16-17,24,33H,2,5-12,15H2,(H,30,31,34). The lowest BCUT2D eigenvalue weighted by Gasteiger charge is -2.24. The molecule has 3 aromatic rings. The van der Waals surface area contributed by atoms with Crippen LogP contribution in [0.2, 0.25) is 5.02 Å². The van der Waals surface area contributed by atoms with E-state index >= 15 is 0 Å². The van der Waals surface area contributed by atoms with Crippen molar-refractivity contribution in [2.75, 3.05) is 19.8 Å². The largest absolute Gasteiger partial charge is 0.381 e. The number of nitrogens with one attached hydrogen (secondary N) is 1. The lowest BCUT2D eigenvalue weighted by molar-refractivity contribution is -0.141. The van der Waals surface area contributed by atoms with E-state index in [1.807, 2.05) is 0 Å². The molecule has 6 rings (SSSR count). The number of halogens is 1. The van der Waals surface area contributed by atoms with E-state index in [2.05, 4.69) is 16.4 Å². The minimum Gasteiger partial charge on any atom is -0.381 e. The minimum atomic E-state index is -1.33. The minimum absolute atomic E-state index is 0.133. The number of hydrogen-bond acceptors (Lipinski definition) is 6. The summed E-state index contributed by atoms with van der Waals surface area (Å²) >= 11 is 7.81. The second kappa shape index (κ2) is 9.98.